The van der Waals surface area contributed by atoms with Gasteiger partial charge in [0.15, 0.2) is 0 Å². The summed E-state index contributed by atoms with van der Waals surface area (Å²) in [5, 5.41) is 1.16. The molecule has 0 unspecified atom stereocenters. The highest BCUT2D eigenvalue weighted by Gasteiger charge is 2.28. The number of likely N-dealkylation sites (tertiary alicyclic amines) is 1. The number of hydrogen-bond acceptors (Lipinski definition) is 5. The Morgan fingerprint density at radius 3 is 3.15 bits per heavy atom. The summed E-state index contributed by atoms with van der Waals surface area (Å²) in [6.45, 7) is 3.16. The standard InChI is InChI=1S/C19H20N4O2S/c1-13-20-8-6-18(22-13)25-14-7-9-23(11-14)19(24)12-26-17-10-21-16-5-3-2-4-15(16)17/h2-6,8,10,14,21H,7,9,11-12H2,1H3/t14-/m1/s1. The Bertz CT molecular complexity index is 927. The van der Waals surface area contributed by atoms with Gasteiger partial charge in [-0.1, -0.05) is 18.2 Å². The number of aromatic amines is 1. The molecule has 26 heavy (non-hydrogen) atoms. The molecule has 2 aromatic heterocycles. The summed E-state index contributed by atoms with van der Waals surface area (Å²) in [5.41, 5.74) is 1.09. The van der Waals surface area contributed by atoms with E-state index in [-0.39, 0.29) is 12.0 Å². The zero-order valence-electron chi connectivity index (χ0n) is 14.5. The molecule has 1 N–H and O–H groups in total. The Kier molecular flexibility index (Phi) is 4.79. The Labute approximate surface area is 156 Å². The van der Waals surface area contributed by atoms with Gasteiger partial charge in [-0.3, -0.25) is 4.79 Å². The monoisotopic (exact) mass is 368 g/mol. The second-order valence-corrected chi connectivity index (χ2v) is 7.31. The van der Waals surface area contributed by atoms with Gasteiger partial charge in [0, 0.05) is 47.2 Å². The Hall–Kier alpha value is -2.54. The average molecular weight is 368 g/mol. The zero-order chi connectivity index (χ0) is 17.9. The molecule has 1 fully saturated rings. The summed E-state index contributed by atoms with van der Waals surface area (Å²) in [6.07, 6.45) is 4.47. The molecule has 0 spiro atoms. The van der Waals surface area contributed by atoms with E-state index in [9.17, 15) is 4.79 Å². The second kappa shape index (κ2) is 7.37. The predicted octanol–water partition coefficient (Wildman–Crippen LogP) is 3.04. The number of carbonyl (C=O) groups excluding carboxylic acids is 1. The van der Waals surface area contributed by atoms with Crippen molar-refractivity contribution in [1.82, 2.24) is 19.9 Å². The number of H-pyrrole nitrogens is 1. The fraction of sp³-hybridized carbons (Fsp3) is 0.316. The van der Waals surface area contributed by atoms with Crippen molar-refractivity contribution in [3.63, 3.8) is 0 Å². The van der Waals surface area contributed by atoms with Gasteiger partial charge in [0.2, 0.25) is 11.8 Å². The van der Waals surface area contributed by atoms with Crippen LogP contribution >= 0.6 is 11.8 Å². The largest absolute Gasteiger partial charge is 0.472 e. The van der Waals surface area contributed by atoms with Crippen LogP contribution in [0.3, 0.4) is 0 Å². The molecular weight excluding hydrogens is 348 g/mol. The highest BCUT2D eigenvalue weighted by Crippen LogP contribution is 2.28. The van der Waals surface area contributed by atoms with Crippen molar-refractivity contribution in [3.05, 3.63) is 48.5 Å². The number of fused-ring (bicyclic) bond motifs is 1. The van der Waals surface area contributed by atoms with Crippen molar-refractivity contribution in [1.29, 1.82) is 0 Å². The molecule has 0 saturated carbocycles. The normalized spacial score (nSPS) is 17.0. The lowest BCUT2D eigenvalue weighted by Gasteiger charge is -2.16. The average Bonchev–Trinajstić information content (AvgIpc) is 3.27. The van der Waals surface area contributed by atoms with Crippen LogP contribution in [0.25, 0.3) is 10.9 Å². The topological polar surface area (TPSA) is 71.1 Å². The fourth-order valence-corrected chi connectivity index (χ4v) is 4.05. The number of ether oxygens (including phenoxy) is 1. The number of aryl methyl sites for hydroxylation is 1. The highest BCUT2D eigenvalue weighted by atomic mass is 32.2. The lowest BCUT2D eigenvalue weighted by Crippen LogP contribution is -2.32. The minimum Gasteiger partial charge on any atom is -0.472 e. The number of amides is 1. The summed E-state index contributed by atoms with van der Waals surface area (Å²) < 4.78 is 5.89. The van der Waals surface area contributed by atoms with E-state index in [2.05, 4.69) is 21.0 Å². The number of nitrogens with one attached hydrogen (secondary N) is 1. The molecule has 0 bridgehead atoms. The predicted molar refractivity (Wildman–Crippen MR) is 101 cm³/mol. The van der Waals surface area contributed by atoms with Crippen molar-refractivity contribution < 1.29 is 9.53 Å². The van der Waals surface area contributed by atoms with E-state index in [0.717, 1.165) is 28.8 Å². The van der Waals surface area contributed by atoms with Crippen molar-refractivity contribution >= 4 is 28.6 Å². The first kappa shape index (κ1) is 16.9. The smallest absolute Gasteiger partial charge is 0.233 e. The number of carbonyl (C=O) groups is 1. The first-order valence-electron chi connectivity index (χ1n) is 8.62. The summed E-state index contributed by atoms with van der Waals surface area (Å²) in [7, 11) is 0. The minimum absolute atomic E-state index is 0.00802. The Balaban J connectivity index is 1.31. The van der Waals surface area contributed by atoms with Gasteiger partial charge in [0.05, 0.1) is 12.3 Å². The van der Waals surface area contributed by atoms with Gasteiger partial charge in [-0.05, 0) is 13.0 Å². The maximum Gasteiger partial charge on any atom is 0.233 e. The second-order valence-electron chi connectivity index (χ2n) is 6.30. The number of thioether (sulfide) groups is 1. The van der Waals surface area contributed by atoms with Crippen LogP contribution in [0.15, 0.2) is 47.6 Å². The van der Waals surface area contributed by atoms with Gasteiger partial charge in [-0.25, -0.2) is 4.98 Å². The van der Waals surface area contributed by atoms with E-state index in [1.54, 1.807) is 24.0 Å². The van der Waals surface area contributed by atoms with E-state index in [1.165, 1.54) is 0 Å². The molecule has 1 aromatic carbocycles. The van der Waals surface area contributed by atoms with Crippen molar-refractivity contribution in [2.45, 2.75) is 24.3 Å². The molecule has 1 atom stereocenters. The van der Waals surface area contributed by atoms with Gasteiger partial charge < -0.3 is 14.6 Å². The maximum absolute atomic E-state index is 12.5. The quantitative estimate of drug-likeness (QED) is 0.701. The Morgan fingerprint density at radius 1 is 1.38 bits per heavy atom. The lowest BCUT2D eigenvalue weighted by atomic mass is 10.2. The first-order chi connectivity index (χ1) is 12.7. The summed E-state index contributed by atoms with van der Waals surface area (Å²) >= 11 is 1.57. The molecular formula is C19H20N4O2S. The van der Waals surface area contributed by atoms with Crippen molar-refractivity contribution in [2.75, 3.05) is 18.8 Å². The molecule has 1 amide bonds. The molecule has 7 heteroatoms. The first-order valence-corrected chi connectivity index (χ1v) is 9.60. The van der Waals surface area contributed by atoms with Crippen LogP contribution in [-0.4, -0.2) is 50.7 Å². The van der Waals surface area contributed by atoms with Crippen LogP contribution in [-0.2, 0) is 4.79 Å². The van der Waals surface area contributed by atoms with Gasteiger partial charge >= 0.3 is 0 Å². The number of para-hydroxylation sites is 1. The molecule has 4 rings (SSSR count). The molecule has 3 heterocycles. The molecule has 6 nitrogen and oxygen atoms in total. The molecule has 3 aromatic rings. The number of nitrogens with zero attached hydrogens (tertiary/aromatic N) is 3. The molecule has 0 radical (unpaired) electrons. The van der Waals surface area contributed by atoms with Crippen LogP contribution in [0.4, 0.5) is 0 Å². The van der Waals surface area contributed by atoms with Gasteiger partial charge in [0.1, 0.15) is 11.9 Å². The molecule has 1 saturated heterocycles. The van der Waals surface area contributed by atoms with Crippen LogP contribution in [0.5, 0.6) is 5.88 Å². The minimum atomic E-state index is -0.00802. The van der Waals surface area contributed by atoms with E-state index >= 15 is 0 Å². The van der Waals surface area contributed by atoms with Crippen LogP contribution in [0, 0.1) is 6.92 Å². The molecule has 1 aliphatic rings. The molecule has 134 valence electrons. The van der Waals surface area contributed by atoms with E-state index in [0.29, 0.717) is 24.0 Å². The van der Waals surface area contributed by atoms with Gasteiger partial charge in [-0.2, -0.15) is 4.98 Å². The summed E-state index contributed by atoms with van der Waals surface area (Å²) in [4.78, 5) is 27.1. The maximum atomic E-state index is 12.5. The summed E-state index contributed by atoms with van der Waals surface area (Å²) in [6, 6.07) is 9.88. The Morgan fingerprint density at radius 2 is 2.27 bits per heavy atom. The molecule has 0 aliphatic carbocycles. The van der Waals surface area contributed by atoms with E-state index < -0.39 is 0 Å². The van der Waals surface area contributed by atoms with Crippen molar-refractivity contribution in [3.8, 4) is 5.88 Å². The van der Waals surface area contributed by atoms with Crippen LogP contribution in [0.1, 0.15) is 12.2 Å². The van der Waals surface area contributed by atoms with Gasteiger partial charge in [0.25, 0.3) is 0 Å². The third-order valence-electron chi connectivity index (χ3n) is 4.44. The zero-order valence-corrected chi connectivity index (χ0v) is 15.3. The third kappa shape index (κ3) is 3.67. The number of aromatic nitrogens is 3. The van der Waals surface area contributed by atoms with E-state index in [4.69, 9.17) is 4.74 Å². The summed E-state index contributed by atoms with van der Waals surface area (Å²) in [5.74, 6) is 1.83. The fourth-order valence-electron chi connectivity index (χ4n) is 3.12. The van der Waals surface area contributed by atoms with Crippen LogP contribution < -0.4 is 4.74 Å². The lowest BCUT2D eigenvalue weighted by molar-refractivity contribution is -0.127. The highest BCUT2D eigenvalue weighted by molar-refractivity contribution is 8.00. The van der Waals surface area contributed by atoms with Crippen molar-refractivity contribution in [2.24, 2.45) is 0 Å². The third-order valence-corrected chi connectivity index (χ3v) is 5.48. The number of benzene rings is 1. The number of rotatable bonds is 5. The van der Waals surface area contributed by atoms with Crippen LogP contribution in [0.2, 0.25) is 0 Å². The molecule has 1 aliphatic heterocycles. The number of hydrogen-bond donors (Lipinski definition) is 1. The van der Waals surface area contributed by atoms with Gasteiger partial charge in [-0.15, -0.1) is 11.8 Å². The van der Waals surface area contributed by atoms with E-state index in [1.807, 2.05) is 36.2 Å². The SMILES string of the molecule is Cc1nccc(O[C@@H]2CCN(C(=O)CSc3c[nH]c4ccccc34)C2)n1.